The maximum absolute atomic E-state index is 12.2. The van der Waals surface area contributed by atoms with Crippen LogP contribution in [0.2, 0.25) is 40.2 Å². The number of thioether (sulfide) groups is 2. The second kappa shape index (κ2) is 29.3. The largest absolute Gasteiger partial charge is 1.00 e. The van der Waals surface area contributed by atoms with Crippen LogP contribution in [0, 0.1) is 0 Å². The van der Waals surface area contributed by atoms with Crippen molar-refractivity contribution in [2.24, 2.45) is 0 Å². The summed E-state index contributed by atoms with van der Waals surface area (Å²) in [5.41, 5.74) is 2.85. The van der Waals surface area contributed by atoms with Gasteiger partial charge in [0.1, 0.15) is 0 Å². The van der Waals surface area contributed by atoms with Crippen LogP contribution in [0.1, 0.15) is 155 Å². The monoisotopic (exact) mass is 1330 g/mol. The molecule has 12 nitrogen and oxygen atoms in total. The Hall–Kier alpha value is -0.550. The number of carbonyl (C=O) groups excluding carboxylic acids is 3. The first kappa shape index (κ1) is 76.5. The molecule has 0 spiro atoms. The number of carboxylic acid groups (broad SMARTS) is 1. The standard InChI is InChI=1S/C13H14Cl2O3S.C13H14Cl2OS.C12H12Cl2O4S.C11H12Cl2S.C2H3ClO.Na.3H2O/c1-7(16)8-6-9(14)12-10(11(8)15)13(2,3)4-5-19(12,17)18;1-7(16)8-6-9(14)12-10(11(8)15)13(2,3)4-5-17-12;1-12(2)3-4-19(17,18)10-7(13)5-6(11(15)16)9(14)8(10)12;1-11(2)5-6-14-10-8(13)4-3-7(12)9(10)11;1-2(3)4;;;;/h6H,4-5H2,1-3H3;6H,4-5H2,1-3H3;5H,3-4H2,1-2H3,(H,15,16);3-4H,5-6H2,1-2H3;1H3;;3*1H2/q;;;;;+1;;;/p-1. The molecule has 6 N–H and O–H groups in total. The molecule has 0 saturated heterocycles. The number of fused-ring (bicyclic) bond motifs is 4. The summed E-state index contributed by atoms with van der Waals surface area (Å²) in [6, 6.07) is 7.93. The molecular weight excluding hydrogens is 1270 g/mol. The number of halogens is 9. The van der Waals surface area contributed by atoms with E-state index < -0.39 is 36.5 Å². The molecule has 0 radical (unpaired) electrons. The first-order valence-corrected chi connectivity index (χ1v) is 31.1. The minimum absolute atomic E-state index is 0. The minimum atomic E-state index is -3.52. The quantitative estimate of drug-likeness (QED) is 0.114. The number of sulfone groups is 2. The molecule has 0 saturated carbocycles. The van der Waals surface area contributed by atoms with Crippen molar-refractivity contribution in [3.05, 3.63) is 109 Å². The molecule has 0 fully saturated rings. The van der Waals surface area contributed by atoms with Gasteiger partial charge >= 0.3 is 35.5 Å². The van der Waals surface area contributed by atoms with Gasteiger partial charge in [-0.25, -0.2) is 21.6 Å². The van der Waals surface area contributed by atoms with Gasteiger partial charge in [0.25, 0.3) is 0 Å². The van der Waals surface area contributed by atoms with Crippen LogP contribution in [0.4, 0.5) is 0 Å². The van der Waals surface area contributed by atoms with Gasteiger partial charge in [-0.15, -0.1) is 23.5 Å². The third-order valence-corrected chi connectivity index (χ3v) is 21.8. The molecule has 4 heterocycles. The van der Waals surface area contributed by atoms with Crippen LogP contribution >= 0.6 is 128 Å². The van der Waals surface area contributed by atoms with E-state index in [4.69, 9.17) is 97.9 Å². The van der Waals surface area contributed by atoms with Crippen molar-refractivity contribution >= 4 is 170 Å². The van der Waals surface area contributed by atoms with Crippen molar-refractivity contribution in [1.29, 1.82) is 0 Å². The average Bonchev–Trinajstić information content (AvgIpc) is 3.24. The molecule has 0 aliphatic carbocycles. The van der Waals surface area contributed by atoms with E-state index in [1.807, 2.05) is 51.6 Å². The summed E-state index contributed by atoms with van der Waals surface area (Å²) in [6.07, 6.45) is 3.04. The van der Waals surface area contributed by atoms with E-state index in [-0.39, 0.29) is 126 Å². The normalized spacial score (nSPS) is 17.5. The van der Waals surface area contributed by atoms with Crippen LogP contribution in [0.3, 0.4) is 0 Å². The van der Waals surface area contributed by atoms with Crippen LogP contribution < -0.4 is 29.6 Å². The van der Waals surface area contributed by atoms with Gasteiger partial charge in [0.05, 0.1) is 62.0 Å². The number of hydrogen-bond acceptors (Lipinski definition) is 11. The van der Waals surface area contributed by atoms with E-state index >= 15 is 0 Å². The molecular formula is C51H60Cl9NaO12S4. The van der Waals surface area contributed by atoms with E-state index in [0.717, 1.165) is 50.9 Å². The molecule has 4 aromatic carbocycles. The molecule has 0 amide bonds. The summed E-state index contributed by atoms with van der Waals surface area (Å²) in [5.74, 6) is 0.695. The Labute approximate surface area is 527 Å². The number of ketones is 2. The summed E-state index contributed by atoms with van der Waals surface area (Å²) >= 11 is 57.6. The topological polar surface area (TPSA) is 250 Å². The average molecular weight is 1340 g/mol. The molecule has 77 heavy (non-hydrogen) atoms. The summed E-state index contributed by atoms with van der Waals surface area (Å²) in [6.45, 7) is 20.4. The molecule has 0 bridgehead atoms. The van der Waals surface area contributed by atoms with E-state index in [0.29, 0.717) is 39.6 Å². The Morgan fingerprint density at radius 3 is 1.16 bits per heavy atom. The van der Waals surface area contributed by atoms with Gasteiger partial charge in [-0.1, -0.05) is 148 Å². The molecule has 0 atom stereocenters. The maximum atomic E-state index is 12.2. The molecule has 4 aliphatic rings. The van der Waals surface area contributed by atoms with Gasteiger partial charge in [-0.3, -0.25) is 14.4 Å². The predicted molar refractivity (Wildman–Crippen MR) is 315 cm³/mol. The summed E-state index contributed by atoms with van der Waals surface area (Å²) in [4.78, 5) is 45.8. The van der Waals surface area contributed by atoms with Crippen LogP contribution in [0.5, 0.6) is 0 Å². The van der Waals surface area contributed by atoms with Crippen molar-refractivity contribution in [3.63, 3.8) is 0 Å². The minimum Gasteiger partial charge on any atom is -0.870 e. The van der Waals surface area contributed by atoms with Gasteiger partial charge < -0.3 is 21.5 Å². The molecule has 0 aromatic heterocycles. The Morgan fingerprint density at radius 2 is 0.792 bits per heavy atom. The maximum Gasteiger partial charge on any atom is 1.00 e. The summed E-state index contributed by atoms with van der Waals surface area (Å²) < 4.78 is 48.6. The molecule has 8 rings (SSSR count). The van der Waals surface area contributed by atoms with Crippen molar-refractivity contribution in [1.82, 2.24) is 0 Å². The van der Waals surface area contributed by atoms with Crippen molar-refractivity contribution in [3.8, 4) is 0 Å². The molecule has 0 unspecified atom stereocenters. The molecule has 26 heteroatoms. The van der Waals surface area contributed by atoms with E-state index in [1.165, 1.54) is 37.3 Å². The smallest absolute Gasteiger partial charge is 0.870 e. The first-order chi connectivity index (χ1) is 33.3. The molecule has 424 valence electrons. The second-order valence-corrected chi connectivity index (χ2v) is 30.3. The predicted octanol–water partition coefficient (Wildman–Crippen LogP) is 12.5. The fourth-order valence-corrected chi connectivity index (χ4v) is 19.8. The number of Topliss-reactive ketones (excluding diaryl/α,β-unsaturated/α-hetero) is 2. The van der Waals surface area contributed by atoms with E-state index in [9.17, 15) is 36.0 Å². The third kappa shape index (κ3) is 17.5. The SMILES string of the molecule is CC(=O)Cl.CC(=O)c1cc(Cl)c2c(c1Cl)C(C)(C)CCS2.CC(=O)c1cc(Cl)c2c(c1Cl)C(C)(C)CCS2(=O)=O.CC1(C)CCS(=O)(=O)c2c(Cl)cc(C(=O)O)c(Cl)c21.CC1(C)CCSc2c(Cl)ccc(Cl)c21.O.O.[Na+].[OH-]. The zero-order valence-corrected chi connectivity index (χ0v) is 56.3. The fraction of sp³-hybridized carbons (Fsp3) is 0.451. The first-order valence-electron chi connectivity index (χ1n) is 22.4. The van der Waals surface area contributed by atoms with Crippen LogP contribution in [-0.2, 0) is 46.1 Å². The molecule has 4 aromatic rings. The van der Waals surface area contributed by atoms with Gasteiger partial charge in [0, 0.05) is 32.9 Å². The summed E-state index contributed by atoms with van der Waals surface area (Å²) in [5, 5.41) is 11.8. The number of hydrogen-bond donors (Lipinski definition) is 1. The van der Waals surface area contributed by atoms with Crippen molar-refractivity contribution in [2.75, 3.05) is 23.0 Å². The number of carboxylic acids is 1. The zero-order chi connectivity index (χ0) is 55.9. The number of aromatic carboxylic acids is 1. The third-order valence-electron chi connectivity index (χ3n) is 12.8. The van der Waals surface area contributed by atoms with Crippen molar-refractivity contribution < 1.29 is 87.1 Å². The Kier molecular flexibility index (Phi) is 29.1. The summed E-state index contributed by atoms with van der Waals surface area (Å²) in [7, 11) is -6.95. The number of benzene rings is 4. The Bertz CT molecular complexity index is 3030. The molecule has 4 aliphatic heterocycles. The Morgan fingerprint density at radius 1 is 0.494 bits per heavy atom. The van der Waals surface area contributed by atoms with Crippen molar-refractivity contribution in [2.45, 2.75) is 143 Å². The van der Waals surface area contributed by atoms with Gasteiger partial charge in [0.15, 0.2) is 31.2 Å². The zero-order valence-electron chi connectivity index (χ0n) is 44.2. The second-order valence-electron chi connectivity index (χ2n) is 20.3. The van der Waals surface area contributed by atoms with Gasteiger partial charge in [-0.05, 0) is 137 Å². The van der Waals surface area contributed by atoms with E-state index in [2.05, 4.69) is 39.3 Å². The van der Waals surface area contributed by atoms with Gasteiger partial charge in [-0.2, -0.15) is 0 Å². The number of rotatable bonds is 3. The fourth-order valence-electron chi connectivity index (χ4n) is 8.66. The number of carbonyl (C=O) groups is 4. The van der Waals surface area contributed by atoms with E-state index in [1.54, 1.807) is 17.8 Å². The Balaban J connectivity index is 0.000000964. The van der Waals surface area contributed by atoms with Crippen LogP contribution in [0.25, 0.3) is 0 Å². The van der Waals surface area contributed by atoms with Crippen LogP contribution in [-0.4, -0.2) is 84.2 Å². The van der Waals surface area contributed by atoms with Crippen LogP contribution in [0.15, 0.2) is 49.9 Å². The van der Waals surface area contributed by atoms with Gasteiger partial charge in [0.2, 0.25) is 5.24 Å².